The Labute approximate surface area is 169 Å². The summed E-state index contributed by atoms with van der Waals surface area (Å²) in [6.07, 6.45) is 2.26. The number of amides is 2. The van der Waals surface area contributed by atoms with Gasteiger partial charge < -0.3 is 14.8 Å². The lowest BCUT2D eigenvalue weighted by Crippen LogP contribution is -2.31. The number of para-hydroxylation sites is 1. The second kappa shape index (κ2) is 8.47. The molecule has 1 saturated heterocycles. The lowest BCUT2D eigenvalue weighted by Gasteiger charge is -2.15. The largest absolute Gasteiger partial charge is 0.351 e. The van der Waals surface area contributed by atoms with E-state index in [4.69, 9.17) is 0 Å². The van der Waals surface area contributed by atoms with Crippen LogP contribution < -0.4 is 5.32 Å². The molecule has 0 unspecified atom stereocenters. The number of hydrogen-bond donors (Lipinski definition) is 1. The number of halogens is 1. The fourth-order valence-electron chi connectivity index (χ4n) is 3.87. The lowest BCUT2D eigenvalue weighted by atomic mass is 10.2. The highest BCUT2D eigenvalue weighted by Gasteiger charge is 2.20. The summed E-state index contributed by atoms with van der Waals surface area (Å²) in [4.78, 5) is 26.4. The summed E-state index contributed by atoms with van der Waals surface area (Å²) in [5.74, 6) is -0.279. The third-order valence-corrected chi connectivity index (χ3v) is 5.39. The molecule has 0 aliphatic carbocycles. The van der Waals surface area contributed by atoms with E-state index in [0.717, 1.165) is 23.9 Å². The van der Waals surface area contributed by atoms with Gasteiger partial charge in [0.15, 0.2) is 0 Å². The van der Waals surface area contributed by atoms with E-state index in [0.29, 0.717) is 37.2 Å². The molecular weight excluding hydrogens is 369 g/mol. The first kappa shape index (κ1) is 19.2. The van der Waals surface area contributed by atoms with Gasteiger partial charge in [-0.15, -0.1) is 0 Å². The maximum Gasteiger partial charge on any atom is 0.267 e. The average Bonchev–Trinajstić information content (AvgIpc) is 3.30. The molecule has 2 aromatic carbocycles. The minimum Gasteiger partial charge on any atom is -0.351 e. The van der Waals surface area contributed by atoms with Crippen molar-refractivity contribution in [3.8, 4) is 0 Å². The molecule has 0 saturated carbocycles. The van der Waals surface area contributed by atoms with Gasteiger partial charge in [0.2, 0.25) is 5.91 Å². The van der Waals surface area contributed by atoms with E-state index >= 15 is 0 Å². The van der Waals surface area contributed by atoms with E-state index in [-0.39, 0.29) is 24.2 Å². The molecule has 1 aromatic heterocycles. The zero-order valence-corrected chi connectivity index (χ0v) is 16.2. The normalized spacial score (nSPS) is 14.0. The summed E-state index contributed by atoms with van der Waals surface area (Å²) < 4.78 is 16.1. The van der Waals surface area contributed by atoms with Gasteiger partial charge in [-0.1, -0.05) is 36.4 Å². The van der Waals surface area contributed by atoms with Crippen LogP contribution in [0.2, 0.25) is 0 Å². The number of carbonyl (C=O) groups excluding carboxylic acids is 2. The molecule has 29 heavy (non-hydrogen) atoms. The highest BCUT2D eigenvalue weighted by atomic mass is 19.1. The van der Waals surface area contributed by atoms with Crippen LogP contribution in [0.25, 0.3) is 10.9 Å². The summed E-state index contributed by atoms with van der Waals surface area (Å²) >= 11 is 0. The number of fused-ring (bicyclic) bond motifs is 1. The minimum atomic E-state index is -0.285. The smallest absolute Gasteiger partial charge is 0.267 e. The van der Waals surface area contributed by atoms with Gasteiger partial charge >= 0.3 is 0 Å². The zero-order valence-electron chi connectivity index (χ0n) is 16.2. The van der Waals surface area contributed by atoms with Crippen LogP contribution in [0, 0.1) is 5.82 Å². The second-order valence-corrected chi connectivity index (χ2v) is 7.36. The fraction of sp³-hybridized carbons (Fsp3) is 0.304. The van der Waals surface area contributed by atoms with Gasteiger partial charge in [0.25, 0.3) is 5.91 Å². The van der Waals surface area contributed by atoms with Crippen molar-refractivity contribution in [1.82, 2.24) is 14.8 Å². The first-order valence-electron chi connectivity index (χ1n) is 10.0. The average molecular weight is 393 g/mol. The van der Waals surface area contributed by atoms with Gasteiger partial charge in [-0.3, -0.25) is 9.59 Å². The number of aromatic nitrogens is 1. The minimum absolute atomic E-state index is 0.190. The van der Waals surface area contributed by atoms with E-state index in [1.165, 1.54) is 6.07 Å². The van der Waals surface area contributed by atoms with Crippen LogP contribution in [0.4, 0.5) is 4.39 Å². The molecule has 1 aliphatic heterocycles. The zero-order chi connectivity index (χ0) is 20.2. The Morgan fingerprint density at radius 1 is 1.10 bits per heavy atom. The van der Waals surface area contributed by atoms with Crippen molar-refractivity contribution in [3.63, 3.8) is 0 Å². The maximum atomic E-state index is 14.2. The maximum absolute atomic E-state index is 14.2. The summed E-state index contributed by atoms with van der Waals surface area (Å²) in [6, 6.07) is 16.2. The van der Waals surface area contributed by atoms with Crippen LogP contribution in [-0.2, 0) is 11.3 Å². The first-order valence-corrected chi connectivity index (χ1v) is 10.0. The molecule has 0 bridgehead atoms. The van der Waals surface area contributed by atoms with Crippen molar-refractivity contribution in [2.45, 2.75) is 25.8 Å². The van der Waals surface area contributed by atoms with Crippen LogP contribution in [0.5, 0.6) is 0 Å². The van der Waals surface area contributed by atoms with Crippen molar-refractivity contribution in [2.75, 3.05) is 19.6 Å². The lowest BCUT2D eigenvalue weighted by molar-refractivity contribution is -0.127. The molecule has 0 spiro atoms. The van der Waals surface area contributed by atoms with Crippen molar-refractivity contribution >= 4 is 22.7 Å². The van der Waals surface area contributed by atoms with Gasteiger partial charge in [-0.2, -0.15) is 0 Å². The predicted octanol–water partition coefficient (Wildman–Crippen LogP) is 3.57. The predicted molar refractivity (Wildman–Crippen MR) is 110 cm³/mol. The fourth-order valence-corrected chi connectivity index (χ4v) is 3.87. The van der Waals surface area contributed by atoms with E-state index < -0.39 is 0 Å². The Hall–Kier alpha value is -3.15. The van der Waals surface area contributed by atoms with Gasteiger partial charge in [0.1, 0.15) is 11.5 Å². The standard InChI is InChI=1S/C23H24FN3O2/c24-19-9-3-1-8-18(19)16-27-20-10-4-2-7-17(20)15-21(27)23(29)25-12-6-14-26-13-5-11-22(26)28/h1-4,7-10,15H,5-6,11-14,16H2,(H,25,29). The Morgan fingerprint density at radius 3 is 2.69 bits per heavy atom. The van der Waals surface area contributed by atoms with Gasteiger partial charge in [-0.05, 0) is 31.0 Å². The number of benzene rings is 2. The highest BCUT2D eigenvalue weighted by molar-refractivity contribution is 5.98. The third-order valence-electron chi connectivity index (χ3n) is 5.39. The second-order valence-electron chi connectivity index (χ2n) is 7.36. The van der Waals surface area contributed by atoms with Gasteiger partial charge in [0, 0.05) is 42.5 Å². The van der Waals surface area contributed by atoms with Crippen molar-refractivity contribution in [1.29, 1.82) is 0 Å². The van der Waals surface area contributed by atoms with Gasteiger partial charge in [-0.25, -0.2) is 4.39 Å². The summed E-state index contributed by atoms with van der Waals surface area (Å²) in [6.45, 7) is 2.25. The van der Waals surface area contributed by atoms with E-state index in [1.807, 2.05) is 39.8 Å². The molecule has 1 N–H and O–H groups in total. The summed E-state index contributed by atoms with van der Waals surface area (Å²) in [5.41, 5.74) is 1.94. The molecule has 2 amide bonds. The number of likely N-dealkylation sites (tertiary alicyclic amines) is 1. The molecular formula is C23H24FN3O2. The Bertz CT molecular complexity index is 1040. The molecule has 1 fully saturated rings. The first-order chi connectivity index (χ1) is 14.1. The molecule has 3 aromatic rings. The summed E-state index contributed by atoms with van der Waals surface area (Å²) in [5, 5.41) is 3.89. The molecule has 6 heteroatoms. The van der Waals surface area contributed by atoms with Crippen molar-refractivity contribution < 1.29 is 14.0 Å². The van der Waals surface area contributed by atoms with Crippen LogP contribution in [0.1, 0.15) is 35.3 Å². The Morgan fingerprint density at radius 2 is 1.90 bits per heavy atom. The molecule has 0 atom stereocenters. The van der Waals surface area contributed by atoms with Crippen molar-refractivity contribution in [2.24, 2.45) is 0 Å². The van der Waals surface area contributed by atoms with Crippen LogP contribution in [0.3, 0.4) is 0 Å². The SMILES string of the molecule is O=C(NCCCN1CCCC1=O)c1cc2ccccc2n1Cc1ccccc1F. The molecule has 4 rings (SSSR count). The van der Waals surface area contributed by atoms with Gasteiger partial charge in [0.05, 0.1) is 6.54 Å². The topological polar surface area (TPSA) is 54.3 Å². The van der Waals surface area contributed by atoms with Crippen LogP contribution >= 0.6 is 0 Å². The summed E-state index contributed by atoms with van der Waals surface area (Å²) in [7, 11) is 0. The number of nitrogens with one attached hydrogen (secondary N) is 1. The monoisotopic (exact) mass is 393 g/mol. The van der Waals surface area contributed by atoms with E-state index in [1.54, 1.807) is 18.2 Å². The Kier molecular flexibility index (Phi) is 5.60. The third kappa shape index (κ3) is 4.16. The number of nitrogens with zero attached hydrogens (tertiary/aromatic N) is 2. The molecule has 150 valence electrons. The quantitative estimate of drug-likeness (QED) is 0.624. The molecule has 5 nitrogen and oxygen atoms in total. The van der Waals surface area contributed by atoms with Crippen molar-refractivity contribution in [3.05, 3.63) is 71.7 Å². The van der Waals surface area contributed by atoms with E-state index in [2.05, 4.69) is 5.32 Å². The highest BCUT2D eigenvalue weighted by Crippen LogP contribution is 2.22. The van der Waals surface area contributed by atoms with Crippen LogP contribution in [-0.4, -0.2) is 40.9 Å². The molecule has 1 aliphatic rings. The molecule has 2 heterocycles. The Balaban J connectivity index is 1.49. The van der Waals surface area contributed by atoms with E-state index in [9.17, 15) is 14.0 Å². The van der Waals surface area contributed by atoms with Crippen LogP contribution in [0.15, 0.2) is 54.6 Å². The molecule has 0 radical (unpaired) electrons. The number of rotatable bonds is 7. The number of hydrogen-bond acceptors (Lipinski definition) is 2. The number of carbonyl (C=O) groups is 2.